The number of hydrogen-bond donors (Lipinski definition) is 4. The van der Waals surface area contributed by atoms with Crippen molar-refractivity contribution in [2.24, 2.45) is 5.73 Å². The van der Waals surface area contributed by atoms with Crippen molar-refractivity contribution < 1.29 is 29.7 Å². The van der Waals surface area contributed by atoms with Gasteiger partial charge in [-0.15, -0.1) is 0 Å². The summed E-state index contributed by atoms with van der Waals surface area (Å²) in [5, 5.41) is 25.4. The first kappa shape index (κ1) is 13.8. The molecule has 0 fully saturated rings. The Bertz CT molecular complexity index is 357. The normalized spacial score (nSPS) is 13.7. The van der Waals surface area contributed by atoms with Crippen LogP contribution in [0.25, 0.3) is 0 Å². The maximum atomic E-state index is 10.6. The van der Waals surface area contributed by atoms with Gasteiger partial charge in [0.1, 0.15) is 6.04 Å². The number of carbonyl (C=O) groups is 3. The minimum atomic E-state index is -1.64. The highest BCUT2D eigenvalue weighted by Crippen LogP contribution is 2.05. The second-order valence-corrected chi connectivity index (χ2v) is 2.86. The van der Waals surface area contributed by atoms with Crippen molar-refractivity contribution in [2.75, 3.05) is 0 Å². The third kappa shape index (κ3) is 4.91. The third-order valence-corrected chi connectivity index (χ3v) is 1.60. The van der Waals surface area contributed by atoms with Crippen molar-refractivity contribution in [2.45, 2.75) is 12.5 Å². The minimum Gasteiger partial charge on any atom is -0.515 e. The zero-order chi connectivity index (χ0) is 12.7. The zero-order valence-electron chi connectivity index (χ0n) is 8.16. The Morgan fingerprint density at radius 3 is 2.12 bits per heavy atom. The first-order chi connectivity index (χ1) is 7.38. The van der Waals surface area contributed by atoms with E-state index in [-0.39, 0.29) is 12.0 Å². The summed E-state index contributed by atoms with van der Waals surface area (Å²) in [6.45, 7) is 0. The molecule has 0 saturated heterocycles. The molecule has 5 N–H and O–H groups in total. The predicted molar refractivity (Wildman–Crippen MR) is 52.7 cm³/mol. The summed E-state index contributed by atoms with van der Waals surface area (Å²) in [4.78, 5) is 31.1. The minimum absolute atomic E-state index is 0.0458. The SMILES string of the molecule is N[C@@H](CC(=C/O)/C=C/C(=O)C(=O)O)C(=O)O. The summed E-state index contributed by atoms with van der Waals surface area (Å²) in [5.74, 6) is -4.09. The van der Waals surface area contributed by atoms with E-state index in [0.29, 0.717) is 12.3 Å². The zero-order valence-corrected chi connectivity index (χ0v) is 8.16. The fourth-order valence-corrected chi connectivity index (χ4v) is 0.759. The lowest BCUT2D eigenvalue weighted by Crippen LogP contribution is -2.30. The molecule has 0 radical (unpaired) electrons. The van der Waals surface area contributed by atoms with Crippen LogP contribution in [0.4, 0.5) is 0 Å². The molecule has 7 nitrogen and oxygen atoms in total. The summed E-state index contributed by atoms with van der Waals surface area (Å²) >= 11 is 0. The van der Waals surface area contributed by atoms with Gasteiger partial charge in [0.25, 0.3) is 5.78 Å². The molecule has 0 aliphatic heterocycles. The van der Waals surface area contributed by atoms with Crippen LogP contribution in [0, 0.1) is 0 Å². The number of nitrogens with two attached hydrogens (primary N) is 1. The lowest BCUT2D eigenvalue weighted by Gasteiger charge is -2.05. The van der Waals surface area contributed by atoms with Crippen molar-refractivity contribution >= 4 is 17.7 Å². The molecule has 0 spiro atoms. The molecule has 0 amide bonds. The lowest BCUT2D eigenvalue weighted by molar-refractivity contribution is -0.146. The van der Waals surface area contributed by atoms with E-state index in [4.69, 9.17) is 21.1 Å². The van der Waals surface area contributed by atoms with E-state index in [2.05, 4.69) is 0 Å². The maximum absolute atomic E-state index is 10.6. The quantitative estimate of drug-likeness (QED) is 0.207. The maximum Gasteiger partial charge on any atom is 0.376 e. The molecule has 0 aliphatic rings. The molecule has 0 aromatic carbocycles. The van der Waals surface area contributed by atoms with Crippen LogP contribution < -0.4 is 5.73 Å². The first-order valence-corrected chi connectivity index (χ1v) is 4.15. The molecule has 0 aromatic heterocycles. The van der Waals surface area contributed by atoms with Crippen LogP contribution in [-0.2, 0) is 14.4 Å². The van der Waals surface area contributed by atoms with Gasteiger partial charge in [-0.2, -0.15) is 0 Å². The summed E-state index contributed by atoms with van der Waals surface area (Å²) in [6, 6.07) is -1.23. The molecule has 0 aliphatic carbocycles. The van der Waals surface area contributed by atoms with Crippen LogP contribution >= 0.6 is 0 Å². The van der Waals surface area contributed by atoms with Crippen LogP contribution in [0.15, 0.2) is 24.0 Å². The van der Waals surface area contributed by atoms with Gasteiger partial charge in [0.15, 0.2) is 0 Å². The van der Waals surface area contributed by atoms with E-state index < -0.39 is 23.8 Å². The number of allylic oxidation sites excluding steroid dienone is 1. The van der Waals surface area contributed by atoms with Gasteiger partial charge in [0, 0.05) is 6.42 Å². The molecular weight excluding hydrogens is 218 g/mol. The molecule has 88 valence electrons. The molecule has 7 heteroatoms. The van der Waals surface area contributed by atoms with Crippen LogP contribution in [0.5, 0.6) is 0 Å². The van der Waals surface area contributed by atoms with E-state index in [9.17, 15) is 14.4 Å². The topological polar surface area (TPSA) is 138 Å². The van der Waals surface area contributed by atoms with E-state index in [0.717, 1.165) is 6.08 Å². The molecule has 16 heavy (non-hydrogen) atoms. The number of aliphatic hydroxyl groups excluding tert-OH is 1. The van der Waals surface area contributed by atoms with E-state index >= 15 is 0 Å². The number of hydrogen-bond acceptors (Lipinski definition) is 5. The number of aliphatic carboxylic acids is 2. The molecule has 0 heterocycles. The van der Waals surface area contributed by atoms with Gasteiger partial charge >= 0.3 is 11.9 Å². The predicted octanol–water partition coefficient (Wildman–Crippen LogP) is -0.560. The third-order valence-electron chi connectivity index (χ3n) is 1.60. The smallest absolute Gasteiger partial charge is 0.376 e. The summed E-state index contributed by atoms with van der Waals surface area (Å²) in [6.07, 6.45) is 2.06. The van der Waals surface area contributed by atoms with Crippen molar-refractivity contribution in [1.29, 1.82) is 0 Å². The van der Waals surface area contributed by atoms with Crippen LogP contribution in [0.1, 0.15) is 6.42 Å². The number of carboxylic acids is 2. The van der Waals surface area contributed by atoms with Gasteiger partial charge in [0.05, 0.1) is 6.26 Å². The number of carbonyl (C=O) groups excluding carboxylic acids is 1. The highest BCUT2D eigenvalue weighted by molar-refractivity contribution is 6.37. The first-order valence-electron chi connectivity index (χ1n) is 4.15. The largest absolute Gasteiger partial charge is 0.515 e. The number of aliphatic hydroxyl groups is 1. The van der Waals surface area contributed by atoms with Gasteiger partial charge in [-0.05, 0) is 11.6 Å². The second kappa shape index (κ2) is 6.36. The van der Waals surface area contributed by atoms with Crippen LogP contribution in [0.3, 0.4) is 0 Å². The Kier molecular flexibility index (Phi) is 5.50. The highest BCUT2D eigenvalue weighted by atomic mass is 16.4. The number of rotatable bonds is 6. The van der Waals surface area contributed by atoms with Gasteiger partial charge < -0.3 is 21.1 Å². The summed E-state index contributed by atoms with van der Waals surface area (Å²) in [7, 11) is 0. The molecule has 0 rings (SSSR count). The summed E-state index contributed by atoms with van der Waals surface area (Å²) < 4.78 is 0. The second-order valence-electron chi connectivity index (χ2n) is 2.86. The van der Waals surface area contributed by atoms with Gasteiger partial charge in [-0.25, -0.2) is 4.79 Å². The number of carboxylic acid groups (broad SMARTS) is 2. The lowest BCUT2D eigenvalue weighted by atomic mass is 10.1. The van der Waals surface area contributed by atoms with Crippen LogP contribution in [-0.4, -0.2) is 39.1 Å². The molecule has 0 saturated carbocycles. The average molecular weight is 229 g/mol. The molecule has 0 aromatic rings. The molecule has 0 unspecified atom stereocenters. The van der Waals surface area contributed by atoms with Crippen molar-refractivity contribution in [3.8, 4) is 0 Å². The fraction of sp³-hybridized carbons (Fsp3) is 0.222. The Balaban J connectivity index is 4.50. The Hall–Kier alpha value is -2.15. The average Bonchev–Trinajstić information content (AvgIpc) is 2.22. The van der Waals surface area contributed by atoms with Gasteiger partial charge in [0.2, 0.25) is 0 Å². The highest BCUT2D eigenvalue weighted by Gasteiger charge is 2.13. The van der Waals surface area contributed by atoms with Gasteiger partial charge in [-0.1, -0.05) is 6.08 Å². The van der Waals surface area contributed by atoms with E-state index in [1.165, 1.54) is 0 Å². The molecule has 0 bridgehead atoms. The van der Waals surface area contributed by atoms with Crippen molar-refractivity contribution in [1.82, 2.24) is 0 Å². The monoisotopic (exact) mass is 229 g/mol. The number of ketones is 1. The van der Waals surface area contributed by atoms with E-state index in [1.807, 2.05) is 0 Å². The molecular formula is C9H11NO6. The summed E-state index contributed by atoms with van der Waals surface area (Å²) in [5.41, 5.74) is 5.22. The Morgan fingerprint density at radius 2 is 1.75 bits per heavy atom. The Morgan fingerprint density at radius 1 is 1.19 bits per heavy atom. The van der Waals surface area contributed by atoms with Crippen molar-refractivity contribution in [3.05, 3.63) is 24.0 Å². The Labute approximate surface area is 90.5 Å². The standard InChI is InChI=1S/C9H11NO6/c10-6(8(13)14)3-5(4-11)1-2-7(12)9(15)16/h1-2,4,6,11H,3,10H2,(H,13,14)(H,15,16)/b2-1+,5-4+/t6-/m0/s1. The van der Waals surface area contributed by atoms with E-state index in [1.54, 1.807) is 0 Å². The van der Waals surface area contributed by atoms with Crippen molar-refractivity contribution in [3.63, 3.8) is 0 Å². The molecule has 1 atom stereocenters. The fourth-order valence-electron chi connectivity index (χ4n) is 0.759. The van der Waals surface area contributed by atoms with Gasteiger partial charge in [-0.3, -0.25) is 9.59 Å². The van der Waals surface area contributed by atoms with Crippen LogP contribution in [0.2, 0.25) is 0 Å².